The number of amides is 2. The first kappa shape index (κ1) is 32.0. The number of fused-ring (bicyclic) bond motifs is 1. The smallest absolute Gasteiger partial charge is 0.258 e. The van der Waals surface area contributed by atoms with Crippen LogP contribution in [-0.4, -0.2) is 18.4 Å². The molecule has 6 rings (SSSR count). The van der Waals surface area contributed by atoms with Crippen LogP contribution in [-0.2, 0) is 17.8 Å². The summed E-state index contributed by atoms with van der Waals surface area (Å²) >= 11 is 6.44. The maximum Gasteiger partial charge on any atom is 0.258 e. The van der Waals surface area contributed by atoms with Crippen LogP contribution in [0.2, 0.25) is 5.02 Å². The number of nitrogens with two attached hydrogens (primary N) is 1. The molecule has 238 valence electrons. The van der Waals surface area contributed by atoms with Crippen LogP contribution >= 0.6 is 11.6 Å². The fraction of sp³-hybridized carbons (Fsp3) is 0.200. The molecular weight excluding hydrogens is 606 g/mol. The summed E-state index contributed by atoms with van der Waals surface area (Å²) in [7, 11) is 0. The Morgan fingerprint density at radius 3 is 2.43 bits per heavy atom. The SMILES string of the molecule is NCc1cccc(Oc2cc(Cl)ccc2N(CCCC(=O)NC2CCCc3ccccc32)C(=O)c2ccc(-c3ccccc3)cc2)c1. The molecule has 5 aromatic rings. The fourth-order valence-corrected chi connectivity index (χ4v) is 6.31. The summed E-state index contributed by atoms with van der Waals surface area (Å²) in [5, 5.41) is 3.72. The average Bonchev–Trinajstić information content (AvgIpc) is 3.11. The molecule has 1 unspecified atom stereocenters. The highest BCUT2D eigenvalue weighted by Gasteiger charge is 2.24. The van der Waals surface area contributed by atoms with Crippen molar-refractivity contribution in [2.24, 2.45) is 5.73 Å². The number of hydrogen-bond acceptors (Lipinski definition) is 4. The van der Waals surface area contributed by atoms with Gasteiger partial charge in [0.25, 0.3) is 5.91 Å². The summed E-state index contributed by atoms with van der Waals surface area (Å²) in [6.45, 7) is 0.673. The van der Waals surface area contributed by atoms with Gasteiger partial charge in [-0.05, 0) is 89.9 Å². The van der Waals surface area contributed by atoms with Crippen molar-refractivity contribution in [1.29, 1.82) is 0 Å². The molecule has 0 saturated carbocycles. The van der Waals surface area contributed by atoms with Gasteiger partial charge in [-0.1, -0.05) is 90.5 Å². The van der Waals surface area contributed by atoms with E-state index in [0.29, 0.717) is 47.3 Å². The molecule has 1 atom stereocenters. The van der Waals surface area contributed by atoms with E-state index in [1.165, 1.54) is 11.1 Å². The van der Waals surface area contributed by atoms with Crippen LogP contribution in [0.4, 0.5) is 5.69 Å². The van der Waals surface area contributed by atoms with Crippen molar-refractivity contribution in [3.8, 4) is 22.6 Å². The van der Waals surface area contributed by atoms with Gasteiger partial charge in [0.15, 0.2) is 5.75 Å². The molecule has 0 heterocycles. The van der Waals surface area contributed by atoms with E-state index in [2.05, 4.69) is 17.4 Å². The van der Waals surface area contributed by atoms with Crippen molar-refractivity contribution in [2.45, 2.75) is 44.7 Å². The molecule has 3 N–H and O–H groups in total. The van der Waals surface area contributed by atoms with Crippen LogP contribution in [0.1, 0.15) is 58.8 Å². The van der Waals surface area contributed by atoms with Gasteiger partial charge in [0.1, 0.15) is 5.75 Å². The maximum atomic E-state index is 14.2. The first-order valence-electron chi connectivity index (χ1n) is 16.1. The van der Waals surface area contributed by atoms with E-state index < -0.39 is 0 Å². The molecule has 0 fully saturated rings. The summed E-state index contributed by atoms with van der Waals surface area (Å²) in [5.74, 6) is 0.791. The number of rotatable bonds is 11. The Morgan fingerprint density at radius 1 is 0.851 bits per heavy atom. The van der Waals surface area contributed by atoms with Crippen LogP contribution < -0.4 is 20.7 Å². The molecule has 0 aliphatic heterocycles. The zero-order valence-electron chi connectivity index (χ0n) is 26.2. The van der Waals surface area contributed by atoms with Crippen LogP contribution in [0.5, 0.6) is 11.5 Å². The predicted octanol–water partition coefficient (Wildman–Crippen LogP) is 8.88. The molecule has 1 aliphatic carbocycles. The minimum atomic E-state index is -0.200. The molecule has 7 heteroatoms. The topological polar surface area (TPSA) is 84.7 Å². The molecule has 2 amide bonds. The summed E-state index contributed by atoms with van der Waals surface area (Å²) in [6, 6.07) is 38.7. The molecule has 0 spiro atoms. The minimum Gasteiger partial charge on any atom is -0.455 e. The Balaban J connectivity index is 1.24. The van der Waals surface area contributed by atoms with E-state index >= 15 is 0 Å². The number of halogens is 1. The summed E-state index contributed by atoms with van der Waals surface area (Å²) in [6.07, 6.45) is 3.73. The van der Waals surface area contributed by atoms with Gasteiger partial charge in [0, 0.05) is 36.2 Å². The molecule has 0 aromatic heterocycles. The number of benzene rings is 5. The highest BCUT2D eigenvalue weighted by atomic mass is 35.5. The van der Waals surface area contributed by atoms with Gasteiger partial charge in [-0.15, -0.1) is 0 Å². The monoisotopic (exact) mass is 643 g/mol. The van der Waals surface area contributed by atoms with Crippen molar-refractivity contribution in [2.75, 3.05) is 11.4 Å². The van der Waals surface area contributed by atoms with E-state index in [1.54, 1.807) is 23.1 Å². The van der Waals surface area contributed by atoms with E-state index in [9.17, 15) is 9.59 Å². The van der Waals surface area contributed by atoms with Gasteiger partial charge >= 0.3 is 0 Å². The maximum absolute atomic E-state index is 14.2. The molecule has 47 heavy (non-hydrogen) atoms. The van der Waals surface area contributed by atoms with Gasteiger partial charge in [0.05, 0.1) is 11.7 Å². The zero-order valence-corrected chi connectivity index (χ0v) is 27.0. The van der Waals surface area contributed by atoms with Crippen LogP contribution in [0.25, 0.3) is 11.1 Å². The van der Waals surface area contributed by atoms with Crippen molar-refractivity contribution < 1.29 is 14.3 Å². The molecule has 0 radical (unpaired) electrons. The third-order valence-corrected chi connectivity index (χ3v) is 8.78. The first-order valence-corrected chi connectivity index (χ1v) is 16.5. The van der Waals surface area contributed by atoms with Gasteiger partial charge < -0.3 is 20.7 Å². The lowest BCUT2D eigenvalue weighted by molar-refractivity contribution is -0.122. The minimum absolute atomic E-state index is 0.00821. The Hall–Kier alpha value is -4.91. The summed E-state index contributed by atoms with van der Waals surface area (Å²) < 4.78 is 6.32. The molecule has 5 aromatic carbocycles. The highest BCUT2D eigenvalue weighted by Crippen LogP contribution is 2.36. The standard InChI is InChI=1S/C40H38ClN3O3/c41-33-22-23-37(38(26-33)47-34-14-6-9-28(25-34)27-42)44(40(46)32-20-18-30(19-21-32)29-10-2-1-3-11-29)24-8-17-39(45)43-36-16-7-13-31-12-4-5-15-35(31)36/h1-6,9-12,14-15,18-23,25-26,36H,7-8,13,16-17,24,27,42H2,(H,43,45). The number of hydrogen-bond donors (Lipinski definition) is 2. The van der Waals surface area contributed by atoms with Crippen molar-refractivity contribution in [3.63, 3.8) is 0 Å². The van der Waals surface area contributed by atoms with Gasteiger partial charge in [0.2, 0.25) is 5.91 Å². The number of carbonyl (C=O) groups excluding carboxylic acids is 2. The molecule has 6 nitrogen and oxygen atoms in total. The second-order valence-corrected chi connectivity index (χ2v) is 12.2. The van der Waals surface area contributed by atoms with Gasteiger partial charge in [-0.3, -0.25) is 9.59 Å². The third kappa shape index (κ3) is 7.91. The largest absolute Gasteiger partial charge is 0.455 e. The number of carbonyl (C=O) groups is 2. The van der Waals surface area contributed by atoms with Crippen molar-refractivity contribution in [1.82, 2.24) is 5.32 Å². The second-order valence-electron chi connectivity index (χ2n) is 11.8. The zero-order chi connectivity index (χ0) is 32.6. The van der Waals surface area contributed by atoms with Gasteiger partial charge in [-0.25, -0.2) is 0 Å². The van der Waals surface area contributed by atoms with Crippen LogP contribution in [0.3, 0.4) is 0 Å². The lowest BCUT2D eigenvalue weighted by Gasteiger charge is -2.27. The van der Waals surface area contributed by atoms with Crippen molar-refractivity contribution >= 4 is 29.1 Å². The quantitative estimate of drug-likeness (QED) is 0.151. The predicted molar refractivity (Wildman–Crippen MR) is 189 cm³/mol. The number of anilines is 1. The Bertz CT molecular complexity index is 1840. The first-order chi connectivity index (χ1) is 23.0. The number of nitrogens with one attached hydrogen (secondary N) is 1. The summed E-state index contributed by atoms with van der Waals surface area (Å²) in [5.41, 5.74) is 12.5. The lowest BCUT2D eigenvalue weighted by Crippen LogP contribution is -2.34. The molecular formula is C40H38ClN3O3. The number of aryl methyl sites for hydroxylation is 1. The van der Waals surface area contributed by atoms with E-state index in [-0.39, 0.29) is 24.3 Å². The van der Waals surface area contributed by atoms with Crippen LogP contribution in [0, 0.1) is 0 Å². The Kier molecular flexibility index (Phi) is 10.3. The second kappa shape index (κ2) is 15.1. The normalized spacial score (nSPS) is 13.8. The summed E-state index contributed by atoms with van der Waals surface area (Å²) in [4.78, 5) is 29.1. The Morgan fingerprint density at radius 2 is 1.62 bits per heavy atom. The molecule has 0 saturated heterocycles. The average molecular weight is 644 g/mol. The van der Waals surface area contributed by atoms with Crippen molar-refractivity contribution in [3.05, 3.63) is 149 Å². The van der Waals surface area contributed by atoms with E-state index in [4.69, 9.17) is 22.1 Å². The number of nitrogens with zero attached hydrogens (tertiary/aromatic N) is 1. The fourth-order valence-electron chi connectivity index (χ4n) is 6.15. The molecule has 1 aliphatic rings. The highest BCUT2D eigenvalue weighted by molar-refractivity contribution is 6.30. The van der Waals surface area contributed by atoms with Gasteiger partial charge in [-0.2, -0.15) is 0 Å². The Labute approximate surface area is 281 Å². The van der Waals surface area contributed by atoms with Crippen LogP contribution in [0.15, 0.2) is 121 Å². The lowest BCUT2D eigenvalue weighted by atomic mass is 9.87. The van der Waals surface area contributed by atoms with E-state index in [0.717, 1.165) is 36.0 Å². The van der Waals surface area contributed by atoms with E-state index in [1.807, 2.05) is 91.0 Å². The molecule has 0 bridgehead atoms. The number of ether oxygens (including phenoxy) is 1. The third-order valence-electron chi connectivity index (χ3n) is 8.55.